The third-order valence-electron chi connectivity index (χ3n) is 8.44. The minimum atomic E-state index is -1.04. The minimum Gasteiger partial charge on any atom is -0.496 e. The van der Waals surface area contributed by atoms with Gasteiger partial charge in [-0.3, -0.25) is 4.79 Å². The third-order valence-corrected chi connectivity index (χ3v) is 8.44. The van der Waals surface area contributed by atoms with Crippen molar-refractivity contribution in [2.24, 2.45) is 11.7 Å². The molecule has 1 amide bonds. The lowest BCUT2D eigenvalue weighted by molar-refractivity contribution is -0.132. The Balaban J connectivity index is 1.28. The van der Waals surface area contributed by atoms with E-state index in [9.17, 15) is 14.7 Å². The van der Waals surface area contributed by atoms with Gasteiger partial charge in [0.25, 0.3) is 0 Å². The second kappa shape index (κ2) is 14.3. The zero-order valence-corrected chi connectivity index (χ0v) is 24.8. The number of carboxylic acids is 1. The van der Waals surface area contributed by atoms with Crippen molar-refractivity contribution < 1.29 is 24.2 Å². The van der Waals surface area contributed by atoms with Gasteiger partial charge in [-0.05, 0) is 68.3 Å². The summed E-state index contributed by atoms with van der Waals surface area (Å²) in [5, 5.41) is 9.84. The summed E-state index contributed by atoms with van der Waals surface area (Å²) in [5.41, 5.74) is 8.11. The predicted molar refractivity (Wildman–Crippen MR) is 164 cm³/mol. The Hall–Kier alpha value is -4.18. The lowest BCUT2D eigenvalue weighted by Gasteiger charge is -2.30. The second-order valence-electron chi connectivity index (χ2n) is 11.3. The zero-order chi connectivity index (χ0) is 30.2. The molecule has 0 bridgehead atoms. The van der Waals surface area contributed by atoms with Gasteiger partial charge in [0.1, 0.15) is 11.5 Å². The summed E-state index contributed by atoms with van der Waals surface area (Å²) in [4.78, 5) is 39.0. The van der Waals surface area contributed by atoms with E-state index in [2.05, 4.69) is 9.88 Å². The fourth-order valence-corrected chi connectivity index (χ4v) is 6.15. The molecule has 10 nitrogen and oxygen atoms in total. The van der Waals surface area contributed by atoms with Crippen LogP contribution in [-0.4, -0.2) is 77.8 Å². The van der Waals surface area contributed by atoms with Gasteiger partial charge in [-0.15, -0.1) is 0 Å². The van der Waals surface area contributed by atoms with Crippen molar-refractivity contribution in [3.05, 3.63) is 77.1 Å². The number of para-hydroxylation sites is 1. The predicted octanol–water partition coefficient (Wildman–Crippen LogP) is 3.76. The largest absolute Gasteiger partial charge is 0.496 e. The fraction of sp³-hybridized carbons (Fsp3) is 0.455. The molecule has 228 valence electrons. The molecule has 10 heteroatoms. The van der Waals surface area contributed by atoms with E-state index in [1.54, 1.807) is 7.11 Å². The molecule has 2 aliphatic rings. The molecule has 0 saturated carbocycles. The number of ether oxygens (including phenoxy) is 2. The molecule has 0 radical (unpaired) electrons. The summed E-state index contributed by atoms with van der Waals surface area (Å²) < 4.78 is 11.2. The molecule has 2 atom stereocenters. The van der Waals surface area contributed by atoms with Crippen molar-refractivity contribution in [2.45, 2.75) is 51.0 Å². The molecule has 2 aliphatic heterocycles. The Bertz CT molecular complexity index is 1400. The number of methoxy groups -OCH3 is 1. The standard InChI is InChI=1S/C33H41N5O5/c1-42-30-9-3-2-7-24(30)19-31(39)38-17-5-4-8-25-21-37(22-29(25)38)33-35-20-27(32(40)41)28(36-33)15-12-23-10-13-26(14-11-23)43-18-6-16-34/h2-3,7,9-11,13-14,20,25,29H,4-6,8,12,15-19,21-22,34H2,1H3,(H,40,41)/t25-,29+/m0/s1. The maximum absolute atomic E-state index is 13.6. The van der Waals surface area contributed by atoms with Crippen LogP contribution in [0.25, 0.3) is 0 Å². The van der Waals surface area contributed by atoms with Gasteiger partial charge in [0.05, 0.1) is 37.4 Å². The van der Waals surface area contributed by atoms with Crippen molar-refractivity contribution in [1.29, 1.82) is 0 Å². The molecule has 43 heavy (non-hydrogen) atoms. The Morgan fingerprint density at radius 3 is 2.65 bits per heavy atom. The highest BCUT2D eigenvalue weighted by atomic mass is 16.5. The van der Waals surface area contributed by atoms with Crippen molar-refractivity contribution in [1.82, 2.24) is 14.9 Å². The monoisotopic (exact) mass is 587 g/mol. The van der Waals surface area contributed by atoms with Gasteiger partial charge < -0.3 is 30.1 Å². The summed E-state index contributed by atoms with van der Waals surface area (Å²) in [5.74, 6) is 1.40. The molecule has 3 N–H and O–H groups in total. The molecule has 5 rings (SSSR count). The number of benzene rings is 2. The number of aryl methyl sites for hydroxylation is 2. The van der Waals surface area contributed by atoms with Crippen LogP contribution in [0.2, 0.25) is 0 Å². The quantitative estimate of drug-likeness (QED) is 0.304. The van der Waals surface area contributed by atoms with Crippen molar-refractivity contribution in [3.8, 4) is 11.5 Å². The van der Waals surface area contributed by atoms with Crippen LogP contribution in [0.5, 0.6) is 11.5 Å². The van der Waals surface area contributed by atoms with Crippen LogP contribution >= 0.6 is 0 Å². The average molecular weight is 588 g/mol. The van der Waals surface area contributed by atoms with Gasteiger partial charge in [0, 0.05) is 31.4 Å². The topological polar surface area (TPSA) is 131 Å². The minimum absolute atomic E-state index is 0.0569. The van der Waals surface area contributed by atoms with E-state index in [0.717, 1.165) is 61.4 Å². The maximum atomic E-state index is 13.6. The number of carboxylic acid groups (broad SMARTS) is 1. The van der Waals surface area contributed by atoms with Crippen molar-refractivity contribution >= 4 is 17.8 Å². The summed E-state index contributed by atoms with van der Waals surface area (Å²) in [6.07, 6.45) is 6.70. The number of amides is 1. The molecule has 1 aromatic heterocycles. The summed E-state index contributed by atoms with van der Waals surface area (Å²) >= 11 is 0. The lowest BCUT2D eigenvalue weighted by Crippen LogP contribution is -2.45. The molecular weight excluding hydrogens is 546 g/mol. The van der Waals surface area contributed by atoms with Crippen LogP contribution in [0.4, 0.5) is 5.95 Å². The highest BCUT2D eigenvalue weighted by Crippen LogP contribution is 2.33. The highest BCUT2D eigenvalue weighted by Gasteiger charge is 2.40. The molecule has 2 saturated heterocycles. The average Bonchev–Trinajstić information content (AvgIpc) is 3.34. The Morgan fingerprint density at radius 1 is 1.07 bits per heavy atom. The smallest absolute Gasteiger partial charge is 0.339 e. The Labute approximate surface area is 252 Å². The first-order valence-corrected chi connectivity index (χ1v) is 15.1. The van der Waals surface area contributed by atoms with Crippen molar-refractivity contribution in [3.63, 3.8) is 0 Å². The molecule has 3 heterocycles. The number of hydrogen-bond donors (Lipinski definition) is 2. The van der Waals surface area contributed by atoms with E-state index >= 15 is 0 Å². The van der Waals surface area contributed by atoms with E-state index in [1.807, 2.05) is 53.4 Å². The number of nitrogens with two attached hydrogens (primary N) is 1. The number of aromatic nitrogens is 2. The molecule has 0 aliphatic carbocycles. The van der Waals surface area contributed by atoms with Gasteiger partial charge in [-0.1, -0.05) is 36.8 Å². The van der Waals surface area contributed by atoms with E-state index in [4.69, 9.17) is 20.2 Å². The van der Waals surface area contributed by atoms with E-state index in [0.29, 0.717) is 56.5 Å². The van der Waals surface area contributed by atoms with E-state index in [1.165, 1.54) is 6.20 Å². The number of carbonyl (C=O) groups excluding carboxylic acids is 1. The number of anilines is 1. The molecule has 2 fully saturated rings. The van der Waals surface area contributed by atoms with Gasteiger partial charge in [-0.25, -0.2) is 14.8 Å². The highest BCUT2D eigenvalue weighted by molar-refractivity contribution is 5.88. The SMILES string of the molecule is COc1ccccc1CC(=O)N1CCCC[C@H]2CN(c3ncc(C(=O)O)c(CCc4ccc(OCCCN)cc4)n3)C[C@H]21. The number of carbonyl (C=O) groups is 2. The molecular formula is C33H41N5O5. The number of hydrogen-bond acceptors (Lipinski definition) is 8. The first-order valence-electron chi connectivity index (χ1n) is 15.1. The Kier molecular flexibility index (Phi) is 10.1. The van der Waals surface area contributed by atoms with Gasteiger partial charge in [0.15, 0.2) is 0 Å². The molecule has 3 aromatic rings. The number of fused-ring (bicyclic) bond motifs is 1. The molecule has 0 unspecified atom stereocenters. The van der Waals surface area contributed by atoms with Crippen LogP contribution in [0, 0.1) is 5.92 Å². The van der Waals surface area contributed by atoms with Crippen molar-refractivity contribution in [2.75, 3.05) is 44.8 Å². The first-order chi connectivity index (χ1) is 21.0. The van der Waals surface area contributed by atoms with Crippen LogP contribution in [-0.2, 0) is 24.1 Å². The maximum Gasteiger partial charge on any atom is 0.339 e. The third kappa shape index (κ3) is 7.43. The first kappa shape index (κ1) is 30.3. The number of nitrogens with zero attached hydrogens (tertiary/aromatic N) is 4. The number of aromatic carboxylic acids is 1. The summed E-state index contributed by atoms with van der Waals surface area (Å²) in [6.45, 7) is 3.25. The normalized spacial score (nSPS) is 18.2. The van der Waals surface area contributed by atoms with Crippen LogP contribution < -0.4 is 20.1 Å². The number of rotatable bonds is 12. The fourth-order valence-electron chi connectivity index (χ4n) is 6.15. The Morgan fingerprint density at radius 2 is 1.88 bits per heavy atom. The summed E-state index contributed by atoms with van der Waals surface area (Å²) in [7, 11) is 1.63. The van der Waals surface area contributed by atoms with Gasteiger partial charge in [0.2, 0.25) is 11.9 Å². The second-order valence-corrected chi connectivity index (χ2v) is 11.3. The van der Waals surface area contributed by atoms with Gasteiger partial charge >= 0.3 is 5.97 Å². The molecule has 0 spiro atoms. The van der Waals surface area contributed by atoms with Gasteiger partial charge in [-0.2, -0.15) is 0 Å². The van der Waals surface area contributed by atoms with Crippen LogP contribution in [0.15, 0.2) is 54.7 Å². The van der Waals surface area contributed by atoms with E-state index in [-0.39, 0.29) is 17.5 Å². The summed E-state index contributed by atoms with van der Waals surface area (Å²) in [6, 6.07) is 15.5. The van der Waals surface area contributed by atoms with Crippen LogP contribution in [0.3, 0.4) is 0 Å². The zero-order valence-electron chi connectivity index (χ0n) is 24.8. The van der Waals surface area contributed by atoms with Crippen LogP contribution in [0.1, 0.15) is 52.9 Å². The lowest BCUT2D eigenvalue weighted by atomic mass is 9.98. The van der Waals surface area contributed by atoms with E-state index < -0.39 is 5.97 Å². The number of likely N-dealkylation sites (tertiary alicyclic amines) is 1. The molecule has 2 aromatic carbocycles.